The molecule has 0 aliphatic carbocycles. The summed E-state index contributed by atoms with van der Waals surface area (Å²) in [5, 5.41) is 24.1. The van der Waals surface area contributed by atoms with E-state index >= 15 is 0 Å². The molecule has 4 N–H and O–H groups in total. The molecule has 0 saturated carbocycles. The zero-order valence-electron chi connectivity index (χ0n) is 21.7. The van der Waals surface area contributed by atoms with Crippen LogP contribution in [0.2, 0.25) is 0 Å². The second kappa shape index (κ2) is 8.18. The number of aromatic amines is 2. The molecule has 10 nitrogen and oxygen atoms in total. The summed E-state index contributed by atoms with van der Waals surface area (Å²) >= 11 is 0. The van der Waals surface area contributed by atoms with Crippen molar-refractivity contribution in [3.63, 3.8) is 0 Å². The Bertz CT molecular complexity index is 2290. The first-order valence-corrected chi connectivity index (χ1v) is 13.3. The molecule has 3 aromatic heterocycles. The SMILES string of the molecule is Oc1ccc2c(c1)-c1nc-2nc2[nH]c(nc3nc(nc4[nH]c(n1)c1ccccc41)-c1ccc(O)cc1-3)c1ccccc21. The number of fused-ring (bicyclic) bond motifs is 20. The molecular formula is C32H18N8O2. The number of hydrogen-bond acceptors (Lipinski definition) is 8. The number of phenols is 2. The van der Waals surface area contributed by atoms with Gasteiger partial charge in [-0.05, 0) is 36.4 Å². The van der Waals surface area contributed by atoms with Crippen LogP contribution in [0.25, 0.3) is 89.7 Å². The fourth-order valence-electron chi connectivity index (χ4n) is 5.67. The van der Waals surface area contributed by atoms with Crippen LogP contribution in [0, 0.1) is 0 Å². The zero-order valence-corrected chi connectivity index (χ0v) is 21.7. The average molecular weight is 547 g/mol. The van der Waals surface area contributed by atoms with Crippen molar-refractivity contribution in [2.75, 3.05) is 0 Å². The number of H-pyrrole nitrogens is 2. The van der Waals surface area contributed by atoms with Gasteiger partial charge in [0.1, 0.15) is 34.1 Å². The third-order valence-corrected chi connectivity index (χ3v) is 7.61. The van der Waals surface area contributed by atoms with E-state index in [9.17, 15) is 10.2 Å². The highest BCUT2D eigenvalue weighted by Gasteiger charge is 2.22. The Hall–Kier alpha value is -6.16. The van der Waals surface area contributed by atoms with Gasteiger partial charge in [0.25, 0.3) is 0 Å². The van der Waals surface area contributed by atoms with E-state index in [-0.39, 0.29) is 11.5 Å². The summed E-state index contributed by atoms with van der Waals surface area (Å²) in [5.74, 6) is 1.97. The summed E-state index contributed by atoms with van der Waals surface area (Å²) in [6.07, 6.45) is 0. The van der Waals surface area contributed by atoms with Gasteiger partial charge in [-0.1, -0.05) is 48.5 Å². The lowest BCUT2D eigenvalue weighted by Crippen LogP contribution is -1.83. The van der Waals surface area contributed by atoms with Crippen molar-refractivity contribution in [2.45, 2.75) is 0 Å². The van der Waals surface area contributed by atoms with Crippen molar-refractivity contribution in [2.24, 2.45) is 0 Å². The lowest BCUT2D eigenvalue weighted by molar-refractivity contribution is 0.475. The maximum atomic E-state index is 10.3. The van der Waals surface area contributed by atoms with E-state index < -0.39 is 0 Å². The van der Waals surface area contributed by atoms with Crippen molar-refractivity contribution >= 4 is 44.1 Å². The van der Waals surface area contributed by atoms with Crippen LogP contribution >= 0.6 is 0 Å². The molecular weight excluding hydrogens is 528 g/mol. The number of aromatic hydroxyl groups is 2. The monoisotopic (exact) mass is 546 g/mol. The molecule has 0 radical (unpaired) electrons. The quantitative estimate of drug-likeness (QED) is 0.174. The number of hydrogen-bond donors (Lipinski definition) is 4. The predicted molar refractivity (Wildman–Crippen MR) is 159 cm³/mol. The summed E-state index contributed by atoms with van der Waals surface area (Å²) in [6.45, 7) is 0. The summed E-state index contributed by atoms with van der Waals surface area (Å²) in [7, 11) is 0. The number of aromatic nitrogens is 8. The molecule has 0 spiro atoms. The third-order valence-electron chi connectivity index (χ3n) is 7.61. The number of nitrogens with one attached hydrogen (secondary N) is 2. The molecule has 9 rings (SSSR count). The van der Waals surface area contributed by atoms with Crippen LogP contribution in [-0.4, -0.2) is 50.1 Å². The minimum Gasteiger partial charge on any atom is -0.508 e. The summed E-state index contributed by atoms with van der Waals surface area (Å²) in [4.78, 5) is 36.1. The van der Waals surface area contributed by atoms with E-state index in [0.29, 0.717) is 57.0 Å². The van der Waals surface area contributed by atoms with Gasteiger partial charge in [-0.3, -0.25) is 0 Å². The van der Waals surface area contributed by atoms with Crippen LogP contribution in [-0.2, 0) is 0 Å². The largest absolute Gasteiger partial charge is 0.508 e. The topological polar surface area (TPSA) is 149 Å². The summed E-state index contributed by atoms with van der Waals surface area (Å²) in [6, 6.07) is 25.7. The standard InChI is InChI=1S/C32H18N8O2/c41-15-9-11-21-23(13-15)32-38-28-20-8-4-2-6-18(20)26(34-28)36-30-22-12-10-16(42)14-24(22)31(40-30)37-27-19-7-3-1-5-17(19)25(33-27)35-29(21)39-32/h1-14,41-42H,(H2,33,34,35,36,37,38,39,40). The molecule has 4 aromatic carbocycles. The van der Waals surface area contributed by atoms with Crippen molar-refractivity contribution in [3.05, 3.63) is 84.9 Å². The Morgan fingerprint density at radius 1 is 0.381 bits per heavy atom. The first kappa shape index (κ1) is 22.6. The number of nitrogens with zero attached hydrogens (tertiary/aromatic N) is 6. The van der Waals surface area contributed by atoms with Crippen LogP contribution < -0.4 is 0 Å². The van der Waals surface area contributed by atoms with Gasteiger partial charge < -0.3 is 20.2 Å². The zero-order chi connectivity index (χ0) is 27.9. The van der Waals surface area contributed by atoms with Gasteiger partial charge in [0, 0.05) is 43.8 Å². The Labute approximate surface area is 236 Å². The van der Waals surface area contributed by atoms with Crippen molar-refractivity contribution in [3.8, 4) is 57.1 Å². The van der Waals surface area contributed by atoms with Gasteiger partial charge in [0.05, 0.1) is 0 Å². The maximum absolute atomic E-state index is 10.3. The van der Waals surface area contributed by atoms with E-state index in [0.717, 1.165) is 32.7 Å². The number of rotatable bonds is 0. The van der Waals surface area contributed by atoms with Crippen LogP contribution in [0.5, 0.6) is 11.5 Å². The Balaban J connectivity index is 1.51. The molecule has 42 heavy (non-hydrogen) atoms. The molecule has 0 amide bonds. The van der Waals surface area contributed by atoms with E-state index in [1.54, 1.807) is 36.4 Å². The minimum atomic E-state index is 0.109. The second-order valence-electron chi connectivity index (χ2n) is 10.2. The van der Waals surface area contributed by atoms with Crippen molar-refractivity contribution in [1.82, 2.24) is 39.9 Å². The van der Waals surface area contributed by atoms with E-state index in [1.165, 1.54) is 0 Å². The lowest BCUT2D eigenvalue weighted by Gasteiger charge is -1.99. The average Bonchev–Trinajstić information content (AvgIpc) is 3.72. The summed E-state index contributed by atoms with van der Waals surface area (Å²) in [5.41, 5.74) is 5.12. The molecule has 0 unspecified atom stereocenters. The Morgan fingerprint density at radius 3 is 1.07 bits per heavy atom. The first-order valence-electron chi connectivity index (χ1n) is 13.3. The third kappa shape index (κ3) is 3.26. The van der Waals surface area contributed by atoms with Gasteiger partial charge in [0.15, 0.2) is 23.3 Å². The minimum absolute atomic E-state index is 0.109. The fraction of sp³-hybridized carbons (Fsp3) is 0. The van der Waals surface area contributed by atoms with Crippen LogP contribution in [0.1, 0.15) is 0 Å². The fourth-order valence-corrected chi connectivity index (χ4v) is 5.67. The lowest BCUT2D eigenvalue weighted by atomic mass is 10.1. The molecule has 7 aromatic rings. The van der Waals surface area contributed by atoms with Crippen LogP contribution in [0.3, 0.4) is 0 Å². The molecule has 198 valence electrons. The van der Waals surface area contributed by atoms with Gasteiger partial charge >= 0.3 is 0 Å². The smallest absolute Gasteiger partial charge is 0.164 e. The normalized spacial score (nSPS) is 12.0. The Morgan fingerprint density at radius 2 is 0.714 bits per heavy atom. The maximum Gasteiger partial charge on any atom is 0.164 e. The van der Waals surface area contributed by atoms with E-state index in [2.05, 4.69) is 9.97 Å². The highest BCUT2D eigenvalue weighted by atomic mass is 16.3. The highest BCUT2D eigenvalue weighted by molar-refractivity contribution is 6.06. The number of benzene rings is 4. The first-order chi connectivity index (χ1) is 20.6. The van der Waals surface area contributed by atoms with E-state index in [4.69, 9.17) is 29.9 Å². The van der Waals surface area contributed by atoms with E-state index in [1.807, 2.05) is 48.5 Å². The molecule has 0 fully saturated rings. The highest BCUT2D eigenvalue weighted by Crippen LogP contribution is 2.38. The summed E-state index contributed by atoms with van der Waals surface area (Å²) < 4.78 is 0. The molecule has 2 aliphatic heterocycles. The number of phenolic OH excluding ortho intramolecular Hbond substituents is 2. The molecule has 0 atom stereocenters. The van der Waals surface area contributed by atoms with Gasteiger partial charge in [-0.2, -0.15) is 0 Å². The van der Waals surface area contributed by atoms with Crippen LogP contribution in [0.4, 0.5) is 0 Å². The molecule has 0 saturated heterocycles. The van der Waals surface area contributed by atoms with Crippen molar-refractivity contribution in [1.29, 1.82) is 0 Å². The molecule has 2 aliphatic rings. The van der Waals surface area contributed by atoms with Gasteiger partial charge in [-0.15, -0.1) is 0 Å². The molecule has 10 heteroatoms. The second-order valence-corrected chi connectivity index (χ2v) is 10.2. The van der Waals surface area contributed by atoms with Crippen LogP contribution in [0.15, 0.2) is 84.9 Å². The van der Waals surface area contributed by atoms with Gasteiger partial charge in [0.2, 0.25) is 0 Å². The van der Waals surface area contributed by atoms with Crippen molar-refractivity contribution < 1.29 is 10.2 Å². The predicted octanol–water partition coefficient (Wildman–Crippen LogP) is 6.28. The Kier molecular flexibility index (Phi) is 4.41. The van der Waals surface area contributed by atoms with Gasteiger partial charge in [-0.25, -0.2) is 29.9 Å². The molecule has 5 heterocycles. The molecule has 8 bridgehead atoms.